The fraction of sp³-hybridized carbons (Fsp3) is 0.562. The van der Waals surface area contributed by atoms with Crippen molar-refractivity contribution in [3.63, 3.8) is 0 Å². The lowest BCUT2D eigenvalue weighted by atomic mass is 10.0. The summed E-state index contributed by atoms with van der Waals surface area (Å²) in [5, 5.41) is 13.6. The molecule has 1 unspecified atom stereocenters. The predicted octanol–water partition coefficient (Wildman–Crippen LogP) is 2.66. The topological polar surface area (TPSA) is 84.7 Å². The zero-order chi connectivity index (χ0) is 16.8. The van der Waals surface area contributed by atoms with Gasteiger partial charge in [-0.1, -0.05) is 6.92 Å². The van der Waals surface area contributed by atoms with Crippen LogP contribution < -0.4 is 10.1 Å². The second kappa shape index (κ2) is 7.92. The fourth-order valence-electron chi connectivity index (χ4n) is 2.87. The Bertz CT molecular complexity index is 576. The lowest BCUT2D eigenvalue weighted by molar-refractivity contribution is -0.384. The summed E-state index contributed by atoms with van der Waals surface area (Å²) in [4.78, 5) is 24.8. The van der Waals surface area contributed by atoms with Gasteiger partial charge in [-0.05, 0) is 31.4 Å². The number of methoxy groups -OCH3 is 1. The Balaban J connectivity index is 1.93. The predicted molar refractivity (Wildman–Crippen MR) is 87.7 cm³/mol. The van der Waals surface area contributed by atoms with E-state index in [9.17, 15) is 14.9 Å². The Kier molecular flexibility index (Phi) is 5.92. The van der Waals surface area contributed by atoms with E-state index in [4.69, 9.17) is 4.74 Å². The second-order valence-corrected chi connectivity index (χ2v) is 5.99. The number of nitro benzene ring substituents is 1. The number of carbonyl (C=O) groups excluding carboxylic acids is 1. The minimum absolute atomic E-state index is 0.0778. The molecule has 23 heavy (non-hydrogen) atoms. The molecule has 7 nitrogen and oxygen atoms in total. The van der Waals surface area contributed by atoms with Crippen LogP contribution in [0.15, 0.2) is 18.2 Å². The number of ether oxygens (including phenoxy) is 1. The Labute approximate surface area is 135 Å². The van der Waals surface area contributed by atoms with Crippen molar-refractivity contribution in [1.29, 1.82) is 0 Å². The van der Waals surface area contributed by atoms with Crippen molar-refractivity contribution < 1.29 is 14.5 Å². The number of hydrogen-bond acceptors (Lipinski definition) is 5. The number of benzene rings is 1. The molecule has 2 rings (SSSR count). The number of nitro groups is 1. The van der Waals surface area contributed by atoms with Gasteiger partial charge in [0.2, 0.25) is 5.91 Å². The maximum atomic E-state index is 12.1. The quantitative estimate of drug-likeness (QED) is 0.643. The van der Waals surface area contributed by atoms with Gasteiger partial charge in [0.25, 0.3) is 5.69 Å². The third-order valence-electron chi connectivity index (χ3n) is 4.06. The Morgan fingerprint density at radius 1 is 1.52 bits per heavy atom. The van der Waals surface area contributed by atoms with Crippen molar-refractivity contribution in [3.05, 3.63) is 28.3 Å². The van der Waals surface area contributed by atoms with E-state index in [1.165, 1.54) is 38.2 Å². The monoisotopic (exact) mass is 321 g/mol. The summed E-state index contributed by atoms with van der Waals surface area (Å²) in [5.74, 6) is 0.918. The number of carbonyl (C=O) groups is 1. The van der Waals surface area contributed by atoms with Crippen molar-refractivity contribution in [2.75, 3.05) is 32.1 Å². The normalized spacial score (nSPS) is 18.4. The molecular weight excluding hydrogens is 298 g/mol. The average molecular weight is 321 g/mol. The van der Waals surface area contributed by atoms with Crippen molar-refractivity contribution in [3.8, 4) is 5.75 Å². The van der Waals surface area contributed by atoms with E-state index >= 15 is 0 Å². The number of anilines is 1. The standard InChI is InChI=1S/C16H23N3O4/c1-12-4-3-8-18(11-12)9-7-16(20)17-14-10-13(19(21)22)5-6-15(14)23-2/h5-6,10,12H,3-4,7-9,11H2,1-2H3,(H,17,20). The molecule has 1 fully saturated rings. The first-order valence-corrected chi connectivity index (χ1v) is 7.84. The lowest BCUT2D eigenvalue weighted by Crippen LogP contribution is -2.36. The highest BCUT2D eigenvalue weighted by atomic mass is 16.6. The first kappa shape index (κ1) is 17.2. The number of likely N-dealkylation sites (tertiary alicyclic amines) is 1. The Morgan fingerprint density at radius 2 is 2.30 bits per heavy atom. The minimum atomic E-state index is -0.496. The summed E-state index contributed by atoms with van der Waals surface area (Å²) < 4.78 is 5.14. The first-order valence-electron chi connectivity index (χ1n) is 7.84. The van der Waals surface area contributed by atoms with Gasteiger partial charge in [-0.15, -0.1) is 0 Å². The van der Waals surface area contributed by atoms with Gasteiger partial charge < -0.3 is 15.0 Å². The summed E-state index contributed by atoms with van der Waals surface area (Å²) in [7, 11) is 1.46. The van der Waals surface area contributed by atoms with Crippen LogP contribution in [-0.4, -0.2) is 42.5 Å². The zero-order valence-corrected chi connectivity index (χ0v) is 13.6. The average Bonchev–Trinajstić information content (AvgIpc) is 2.53. The maximum absolute atomic E-state index is 12.1. The van der Waals surface area contributed by atoms with E-state index in [0.29, 0.717) is 30.3 Å². The van der Waals surface area contributed by atoms with Gasteiger partial charge in [0, 0.05) is 31.6 Å². The molecule has 0 aliphatic carbocycles. The van der Waals surface area contributed by atoms with Gasteiger partial charge in [0.15, 0.2) is 0 Å². The molecule has 1 aliphatic rings. The molecule has 1 heterocycles. The summed E-state index contributed by atoms with van der Waals surface area (Å²) in [6.07, 6.45) is 2.77. The van der Waals surface area contributed by atoms with Crippen LogP contribution in [0, 0.1) is 16.0 Å². The molecule has 0 bridgehead atoms. The first-order chi connectivity index (χ1) is 11.0. The second-order valence-electron chi connectivity index (χ2n) is 5.99. The number of amides is 1. The lowest BCUT2D eigenvalue weighted by Gasteiger charge is -2.30. The van der Waals surface area contributed by atoms with Crippen LogP contribution in [0.4, 0.5) is 11.4 Å². The van der Waals surface area contributed by atoms with Crippen LogP contribution in [0.3, 0.4) is 0 Å². The van der Waals surface area contributed by atoms with E-state index in [1.807, 2.05) is 0 Å². The van der Waals surface area contributed by atoms with Gasteiger partial charge >= 0.3 is 0 Å². The van der Waals surface area contributed by atoms with E-state index < -0.39 is 4.92 Å². The van der Waals surface area contributed by atoms with Gasteiger partial charge in [-0.2, -0.15) is 0 Å². The number of rotatable bonds is 6. The highest BCUT2D eigenvalue weighted by molar-refractivity contribution is 5.92. The molecule has 0 aromatic heterocycles. The molecule has 1 N–H and O–H groups in total. The third kappa shape index (κ3) is 4.92. The fourth-order valence-corrected chi connectivity index (χ4v) is 2.87. The number of piperidine rings is 1. The molecule has 7 heteroatoms. The molecular formula is C16H23N3O4. The highest BCUT2D eigenvalue weighted by Crippen LogP contribution is 2.29. The van der Waals surface area contributed by atoms with Gasteiger partial charge in [-0.25, -0.2) is 0 Å². The molecule has 126 valence electrons. The van der Waals surface area contributed by atoms with Crippen LogP contribution in [-0.2, 0) is 4.79 Å². The summed E-state index contributed by atoms with van der Waals surface area (Å²) in [6, 6.07) is 4.16. The van der Waals surface area contributed by atoms with Crippen LogP contribution >= 0.6 is 0 Å². The molecule has 1 amide bonds. The van der Waals surface area contributed by atoms with Crippen molar-refractivity contribution in [2.45, 2.75) is 26.2 Å². The number of non-ortho nitro benzene ring substituents is 1. The number of nitrogens with one attached hydrogen (secondary N) is 1. The summed E-state index contributed by atoms with van der Waals surface area (Å²) in [6.45, 7) is 4.97. The molecule has 1 aromatic carbocycles. The maximum Gasteiger partial charge on any atom is 0.271 e. The minimum Gasteiger partial charge on any atom is -0.495 e. The number of nitrogens with zero attached hydrogens (tertiary/aromatic N) is 2. The largest absolute Gasteiger partial charge is 0.495 e. The molecule has 0 saturated carbocycles. The van der Waals surface area contributed by atoms with Crippen LogP contribution in [0.25, 0.3) is 0 Å². The van der Waals surface area contributed by atoms with Gasteiger partial charge in [0.1, 0.15) is 5.75 Å². The van der Waals surface area contributed by atoms with Crippen molar-refractivity contribution >= 4 is 17.3 Å². The van der Waals surface area contributed by atoms with Crippen molar-refractivity contribution in [2.24, 2.45) is 5.92 Å². The Hall–Kier alpha value is -2.15. The zero-order valence-electron chi connectivity index (χ0n) is 13.6. The van der Waals surface area contributed by atoms with Crippen molar-refractivity contribution in [1.82, 2.24) is 4.90 Å². The summed E-state index contributed by atoms with van der Waals surface area (Å²) >= 11 is 0. The van der Waals surface area contributed by atoms with Gasteiger partial charge in [-0.3, -0.25) is 14.9 Å². The number of hydrogen-bond donors (Lipinski definition) is 1. The molecule has 1 saturated heterocycles. The SMILES string of the molecule is COc1ccc([N+](=O)[O-])cc1NC(=O)CCN1CCCC(C)C1. The smallest absolute Gasteiger partial charge is 0.271 e. The van der Waals surface area contributed by atoms with E-state index in [2.05, 4.69) is 17.1 Å². The van der Waals surface area contributed by atoms with Crippen LogP contribution in [0.2, 0.25) is 0 Å². The summed E-state index contributed by atoms with van der Waals surface area (Å²) in [5.41, 5.74) is 0.254. The van der Waals surface area contributed by atoms with E-state index in [0.717, 1.165) is 13.1 Å². The molecule has 0 radical (unpaired) electrons. The van der Waals surface area contributed by atoms with E-state index in [1.54, 1.807) is 0 Å². The molecule has 1 aromatic rings. The van der Waals surface area contributed by atoms with Crippen LogP contribution in [0.1, 0.15) is 26.2 Å². The molecule has 1 atom stereocenters. The highest BCUT2D eigenvalue weighted by Gasteiger charge is 2.18. The van der Waals surface area contributed by atoms with E-state index in [-0.39, 0.29) is 11.6 Å². The molecule has 0 spiro atoms. The molecule has 1 aliphatic heterocycles. The van der Waals surface area contributed by atoms with Gasteiger partial charge in [0.05, 0.1) is 17.7 Å². The van der Waals surface area contributed by atoms with Crippen LogP contribution in [0.5, 0.6) is 5.75 Å². The third-order valence-corrected chi connectivity index (χ3v) is 4.06. The Morgan fingerprint density at radius 3 is 2.96 bits per heavy atom.